The van der Waals surface area contributed by atoms with Gasteiger partial charge in [-0.15, -0.1) is 0 Å². The van der Waals surface area contributed by atoms with Crippen LogP contribution in [0.5, 0.6) is 5.75 Å². The summed E-state index contributed by atoms with van der Waals surface area (Å²) in [7, 11) is 0. The van der Waals surface area contributed by atoms with Gasteiger partial charge < -0.3 is 15.0 Å². The highest BCUT2D eigenvalue weighted by molar-refractivity contribution is 5.88. The van der Waals surface area contributed by atoms with Gasteiger partial charge in [-0.05, 0) is 38.5 Å². The predicted molar refractivity (Wildman–Crippen MR) is 106 cm³/mol. The van der Waals surface area contributed by atoms with E-state index >= 15 is 0 Å². The second-order valence-corrected chi connectivity index (χ2v) is 6.71. The molecule has 0 radical (unpaired) electrons. The van der Waals surface area contributed by atoms with E-state index in [2.05, 4.69) is 5.32 Å². The molecule has 0 aliphatic rings. The van der Waals surface area contributed by atoms with Gasteiger partial charge in [-0.2, -0.15) is 0 Å². The Morgan fingerprint density at radius 3 is 2.36 bits per heavy atom. The number of carbonyl (C=O) groups excluding carboxylic acids is 2. The van der Waals surface area contributed by atoms with Crippen molar-refractivity contribution in [1.29, 1.82) is 0 Å². The first kappa shape index (κ1) is 21.4. The van der Waals surface area contributed by atoms with Crippen LogP contribution in [0.2, 0.25) is 0 Å². The molecule has 2 amide bonds. The normalized spacial score (nSPS) is 12.7. The SMILES string of the molecule is CC[C@@H](C)NC(=O)[C@@H](C)N(Cc1ccccc1F)C(=O)COc1ccccc1. The lowest BCUT2D eigenvalue weighted by Crippen LogP contribution is -2.50. The molecule has 2 aromatic carbocycles. The zero-order chi connectivity index (χ0) is 20.5. The molecule has 0 fully saturated rings. The number of benzene rings is 2. The number of hydrogen-bond donors (Lipinski definition) is 1. The van der Waals surface area contributed by atoms with Crippen molar-refractivity contribution in [3.05, 3.63) is 66.0 Å². The van der Waals surface area contributed by atoms with Crippen molar-refractivity contribution in [2.24, 2.45) is 0 Å². The summed E-state index contributed by atoms with van der Waals surface area (Å²) in [4.78, 5) is 26.7. The summed E-state index contributed by atoms with van der Waals surface area (Å²) in [5.74, 6) is -0.533. The Balaban J connectivity index is 2.15. The largest absolute Gasteiger partial charge is 0.484 e. The van der Waals surface area contributed by atoms with Crippen molar-refractivity contribution >= 4 is 11.8 Å². The van der Waals surface area contributed by atoms with Crippen molar-refractivity contribution in [3.63, 3.8) is 0 Å². The van der Waals surface area contributed by atoms with Gasteiger partial charge in [-0.25, -0.2) is 4.39 Å². The maximum absolute atomic E-state index is 14.1. The summed E-state index contributed by atoms with van der Waals surface area (Å²) in [6.45, 7) is 5.24. The van der Waals surface area contributed by atoms with Crippen LogP contribution in [-0.4, -0.2) is 35.4 Å². The van der Waals surface area contributed by atoms with Crippen LogP contribution in [0.4, 0.5) is 4.39 Å². The van der Waals surface area contributed by atoms with Crippen LogP contribution in [-0.2, 0) is 16.1 Å². The molecule has 0 heterocycles. The summed E-state index contributed by atoms with van der Waals surface area (Å²) in [6.07, 6.45) is 0.775. The van der Waals surface area contributed by atoms with Gasteiger partial charge in [0.15, 0.2) is 6.61 Å². The molecule has 0 bridgehead atoms. The predicted octanol–water partition coefficient (Wildman–Crippen LogP) is 3.54. The molecule has 0 aromatic heterocycles. The van der Waals surface area contributed by atoms with E-state index in [-0.39, 0.29) is 31.0 Å². The molecule has 5 nitrogen and oxygen atoms in total. The van der Waals surface area contributed by atoms with Gasteiger partial charge in [0.25, 0.3) is 5.91 Å². The number of amides is 2. The van der Waals surface area contributed by atoms with Crippen molar-refractivity contribution < 1.29 is 18.7 Å². The van der Waals surface area contributed by atoms with Crippen molar-refractivity contribution in [2.75, 3.05) is 6.61 Å². The lowest BCUT2D eigenvalue weighted by Gasteiger charge is -2.29. The first-order valence-corrected chi connectivity index (χ1v) is 9.43. The number of hydrogen-bond acceptors (Lipinski definition) is 3. The summed E-state index contributed by atoms with van der Waals surface area (Å²) in [5, 5.41) is 2.87. The van der Waals surface area contributed by atoms with E-state index in [0.717, 1.165) is 6.42 Å². The Labute approximate surface area is 165 Å². The fourth-order valence-corrected chi connectivity index (χ4v) is 2.60. The molecule has 2 atom stereocenters. The molecule has 150 valence electrons. The smallest absolute Gasteiger partial charge is 0.261 e. The highest BCUT2D eigenvalue weighted by Gasteiger charge is 2.27. The number of nitrogens with one attached hydrogen (secondary N) is 1. The summed E-state index contributed by atoms with van der Waals surface area (Å²) >= 11 is 0. The van der Waals surface area contributed by atoms with Gasteiger partial charge in [0, 0.05) is 18.2 Å². The van der Waals surface area contributed by atoms with Gasteiger partial charge in [-0.3, -0.25) is 9.59 Å². The number of carbonyl (C=O) groups is 2. The molecule has 2 aromatic rings. The fraction of sp³-hybridized carbons (Fsp3) is 0.364. The summed E-state index contributed by atoms with van der Waals surface area (Å²) < 4.78 is 19.7. The third-order valence-corrected chi connectivity index (χ3v) is 4.57. The molecule has 0 saturated heterocycles. The average Bonchev–Trinajstić information content (AvgIpc) is 2.71. The highest BCUT2D eigenvalue weighted by Crippen LogP contribution is 2.15. The van der Waals surface area contributed by atoms with Gasteiger partial charge in [-0.1, -0.05) is 43.3 Å². The summed E-state index contributed by atoms with van der Waals surface area (Å²) in [5.41, 5.74) is 0.346. The van der Waals surface area contributed by atoms with Gasteiger partial charge in [0.1, 0.15) is 17.6 Å². The van der Waals surface area contributed by atoms with Crippen molar-refractivity contribution in [3.8, 4) is 5.75 Å². The molecular weight excluding hydrogens is 359 g/mol. The number of ether oxygens (including phenoxy) is 1. The molecule has 28 heavy (non-hydrogen) atoms. The quantitative estimate of drug-likeness (QED) is 0.717. The Morgan fingerprint density at radius 2 is 1.71 bits per heavy atom. The van der Waals surface area contributed by atoms with E-state index in [1.165, 1.54) is 11.0 Å². The standard InChI is InChI=1S/C22H27FN2O3/c1-4-16(2)24-22(27)17(3)25(14-18-10-8-9-13-20(18)23)21(26)15-28-19-11-6-5-7-12-19/h5-13,16-17H,4,14-15H2,1-3H3,(H,24,27)/t16-,17-/m1/s1. The van der Waals surface area contributed by atoms with Gasteiger partial charge in [0.2, 0.25) is 5.91 Å². The van der Waals surface area contributed by atoms with Crippen LogP contribution >= 0.6 is 0 Å². The van der Waals surface area contributed by atoms with Crippen LogP contribution < -0.4 is 10.1 Å². The molecule has 0 unspecified atom stereocenters. The first-order valence-electron chi connectivity index (χ1n) is 9.43. The van der Waals surface area contributed by atoms with E-state index in [9.17, 15) is 14.0 Å². The van der Waals surface area contributed by atoms with E-state index < -0.39 is 11.9 Å². The third kappa shape index (κ3) is 6.08. The Morgan fingerprint density at radius 1 is 1.07 bits per heavy atom. The lowest BCUT2D eigenvalue weighted by molar-refractivity contribution is -0.142. The Kier molecular flexibility index (Phi) is 7.99. The Hall–Kier alpha value is -2.89. The van der Waals surface area contributed by atoms with Crippen LogP contribution in [0, 0.1) is 5.82 Å². The lowest BCUT2D eigenvalue weighted by atomic mass is 10.1. The number of rotatable bonds is 9. The minimum atomic E-state index is -0.763. The van der Waals surface area contributed by atoms with Crippen LogP contribution in [0.1, 0.15) is 32.8 Å². The Bertz CT molecular complexity index is 782. The third-order valence-electron chi connectivity index (χ3n) is 4.57. The van der Waals surface area contributed by atoms with Crippen LogP contribution in [0.25, 0.3) is 0 Å². The zero-order valence-corrected chi connectivity index (χ0v) is 16.5. The zero-order valence-electron chi connectivity index (χ0n) is 16.5. The van der Waals surface area contributed by atoms with Crippen molar-refractivity contribution in [1.82, 2.24) is 10.2 Å². The number of halogens is 1. The molecule has 1 N–H and O–H groups in total. The van der Waals surface area contributed by atoms with Crippen molar-refractivity contribution in [2.45, 2.75) is 45.8 Å². The molecule has 6 heteroatoms. The van der Waals surface area contributed by atoms with Crippen LogP contribution in [0.15, 0.2) is 54.6 Å². The maximum Gasteiger partial charge on any atom is 0.261 e. The minimum Gasteiger partial charge on any atom is -0.484 e. The average molecular weight is 386 g/mol. The highest BCUT2D eigenvalue weighted by atomic mass is 19.1. The number of nitrogens with zero attached hydrogens (tertiary/aromatic N) is 1. The molecule has 2 rings (SSSR count). The fourth-order valence-electron chi connectivity index (χ4n) is 2.60. The van der Waals surface area contributed by atoms with Crippen LogP contribution in [0.3, 0.4) is 0 Å². The van der Waals surface area contributed by atoms with E-state index in [1.807, 2.05) is 19.9 Å². The summed E-state index contributed by atoms with van der Waals surface area (Å²) in [6, 6.07) is 14.4. The maximum atomic E-state index is 14.1. The molecule has 0 saturated carbocycles. The number of para-hydroxylation sites is 1. The molecule has 0 aliphatic carbocycles. The molecule has 0 spiro atoms. The first-order chi connectivity index (χ1) is 13.4. The van der Waals surface area contributed by atoms with E-state index in [0.29, 0.717) is 11.3 Å². The van der Waals surface area contributed by atoms with Gasteiger partial charge in [0.05, 0.1) is 0 Å². The monoisotopic (exact) mass is 386 g/mol. The second-order valence-electron chi connectivity index (χ2n) is 6.71. The van der Waals surface area contributed by atoms with Gasteiger partial charge >= 0.3 is 0 Å². The minimum absolute atomic E-state index is 0.0130. The topological polar surface area (TPSA) is 58.6 Å². The second kappa shape index (κ2) is 10.4. The molecule has 0 aliphatic heterocycles. The van der Waals surface area contributed by atoms with E-state index in [4.69, 9.17) is 4.74 Å². The van der Waals surface area contributed by atoms with E-state index in [1.54, 1.807) is 49.4 Å². The molecular formula is C22H27FN2O3.